The SMILES string of the molecule is CC(C)(C)OC(=O)N(CC12CCC(c3cc(C(C)(F)F)on3)(CC1)CC2)c1cccc(Br)c1. The molecular formula is C25H31BrF2N2O3. The molecule has 0 atom stereocenters. The quantitative estimate of drug-likeness (QED) is 0.404. The molecular weight excluding hydrogens is 494 g/mol. The van der Waals surface area contributed by atoms with E-state index >= 15 is 0 Å². The van der Waals surface area contributed by atoms with Crippen LogP contribution in [0, 0.1) is 5.41 Å². The molecule has 0 saturated heterocycles. The minimum atomic E-state index is -3.03. The van der Waals surface area contributed by atoms with Gasteiger partial charge >= 0.3 is 12.0 Å². The summed E-state index contributed by atoms with van der Waals surface area (Å²) in [5, 5.41) is 4.04. The van der Waals surface area contributed by atoms with Crippen LogP contribution in [-0.4, -0.2) is 23.4 Å². The summed E-state index contributed by atoms with van der Waals surface area (Å²) in [5.74, 6) is -3.41. The number of carbonyl (C=O) groups is 1. The van der Waals surface area contributed by atoms with E-state index in [9.17, 15) is 13.6 Å². The smallest absolute Gasteiger partial charge is 0.414 e. The summed E-state index contributed by atoms with van der Waals surface area (Å²) >= 11 is 3.51. The summed E-state index contributed by atoms with van der Waals surface area (Å²) < 4.78 is 39.0. The van der Waals surface area contributed by atoms with E-state index in [1.54, 1.807) is 4.90 Å². The van der Waals surface area contributed by atoms with E-state index in [4.69, 9.17) is 9.26 Å². The number of alkyl halides is 2. The van der Waals surface area contributed by atoms with Gasteiger partial charge in [-0.05, 0) is 82.9 Å². The molecule has 33 heavy (non-hydrogen) atoms. The molecule has 1 aromatic carbocycles. The maximum Gasteiger partial charge on any atom is 0.414 e. The Kier molecular flexibility index (Phi) is 6.13. The summed E-state index contributed by atoms with van der Waals surface area (Å²) in [6.45, 7) is 6.98. The predicted octanol–water partition coefficient (Wildman–Crippen LogP) is 7.58. The molecule has 0 unspecified atom stereocenters. The summed E-state index contributed by atoms with van der Waals surface area (Å²) in [5.41, 5.74) is 0.577. The van der Waals surface area contributed by atoms with Gasteiger partial charge in [-0.3, -0.25) is 4.90 Å². The van der Waals surface area contributed by atoms with Crippen molar-refractivity contribution in [3.8, 4) is 0 Å². The fraction of sp³-hybridized carbons (Fsp3) is 0.600. The third-order valence-corrected chi connectivity index (χ3v) is 7.61. The van der Waals surface area contributed by atoms with Gasteiger partial charge in [0.2, 0.25) is 5.76 Å². The van der Waals surface area contributed by atoms with Gasteiger partial charge in [-0.2, -0.15) is 8.78 Å². The molecule has 0 radical (unpaired) electrons. The number of hydrogen-bond donors (Lipinski definition) is 0. The van der Waals surface area contributed by atoms with Gasteiger partial charge in [-0.1, -0.05) is 27.2 Å². The number of fused-ring (bicyclic) bond motifs is 3. The van der Waals surface area contributed by atoms with Crippen LogP contribution in [0.3, 0.4) is 0 Å². The number of halogens is 3. The maximum absolute atomic E-state index is 13.7. The van der Waals surface area contributed by atoms with Crippen LogP contribution in [0.1, 0.15) is 77.7 Å². The van der Waals surface area contributed by atoms with Crippen molar-refractivity contribution in [1.29, 1.82) is 0 Å². The molecule has 2 aromatic rings. The van der Waals surface area contributed by atoms with E-state index in [2.05, 4.69) is 21.1 Å². The first-order valence-corrected chi connectivity index (χ1v) is 12.2. The third-order valence-electron chi connectivity index (χ3n) is 7.12. The number of carbonyl (C=O) groups excluding carboxylic acids is 1. The number of rotatable bonds is 5. The lowest BCUT2D eigenvalue weighted by Gasteiger charge is -2.53. The standard InChI is InChI=1S/C25H31BrF2N2O3/c1-22(2,3)32-21(31)30(18-7-5-6-17(26)14-18)16-24-8-11-25(12-9-24,13-10-24)19-15-20(33-29-19)23(4,27)28/h5-7,14-15H,8-13,16H2,1-4H3. The Hall–Kier alpha value is -1.96. The number of benzene rings is 1. The molecule has 3 fully saturated rings. The Morgan fingerprint density at radius 2 is 1.76 bits per heavy atom. The molecule has 0 aliphatic heterocycles. The van der Waals surface area contributed by atoms with E-state index in [0.717, 1.165) is 55.6 Å². The van der Waals surface area contributed by atoms with E-state index in [-0.39, 0.29) is 22.7 Å². The number of ether oxygens (including phenoxy) is 1. The highest BCUT2D eigenvalue weighted by Crippen LogP contribution is 2.58. The first kappa shape index (κ1) is 24.2. The van der Waals surface area contributed by atoms with Crippen molar-refractivity contribution in [3.63, 3.8) is 0 Å². The molecule has 2 bridgehead atoms. The minimum Gasteiger partial charge on any atom is -0.443 e. The third kappa shape index (κ3) is 5.10. The van der Waals surface area contributed by atoms with Crippen molar-refractivity contribution in [2.75, 3.05) is 11.4 Å². The second-order valence-electron chi connectivity index (χ2n) is 10.8. The second kappa shape index (κ2) is 8.36. The Morgan fingerprint density at radius 1 is 1.12 bits per heavy atom. The van der Waals surface area contributed by atoms with Gasteiger partial charge in [0, 0.05) is 35.1 Å². The van der Waals surface area contributed by atoms with E-state index in [1.165, 1.54) is 6.07 Å². The predicted molar refractivity (Wildman–Crippen MR) is 126 cm³/mol. The van der Waals surface area contributed by atoms with E-state index < -0.39 is 11.5 Å². The molecule has 3 saturated carbocycles. The summed E-state index contributed by atoms with van der Waals surface area (Å²) in [4.78, 5) is 14.9. The molecule has 180 valence electrons. The van der Waals surface area contributed by atoms with Gasteiger partial charge in [-0.25, -0.2) is 4.79 Å². The highest BCUT2D eigenvalue weighted by atomic mass is 79.9. The second-order valence-corrected chi connectivity index (χ2v) is 11.7. The van der Waals surface area contributed by atoms with Crippen LogP contribution < -0.4 is 4.90 Å². The van der Waals surface area contributed by atoms with Gasteiger partial charge in [0.15, 0.2) is 0 Å². The fourth-order valence-electron chi connectivity index (χ4n) is 5.17. The van der Waals surface area contributed by atoms with E-state index in [1.807, 2.05) is 45.0 Å². The lowest BCUT2D eigenvalue weighted by Crippen LogP contribution is -2.51. The topological polar surface area (TPSA) is 55.6 Å². The van der Waals surface area contributed by atoms with Crippen molar-refractivity contribution in [1.82, 2.24) is 5.16 Å². The van der Waals surface area contributed by atoms with Crippen LogP contribution in [-0.2, 0) is 16.1 Å². The van der Waals surface area contributed by atoms with Crippen molar-refractivity contribution >= 4 is 27.7 Å². The Bertz CT molecular complexity index is 1000. The van der Waals surface area contributed by atoms with Gasteiger partial charge < -0.3 is 9.26 Å². The molecule has 1 aromatic heterocycles. The largest absolute Gasteiger partial charge is 0.443 e. The number of aromatic nitrogens is 1. The maximum atomic E-state index is 13.7. The van der Waals surface area contributed by atoms with Crippen molar-refractivity contribution < 1.29 is 22.8 Å². The number of anilines is 1. The van der Waals surface area contributed by atoms with Crippen molar-refractivity contribution in [3.05, 3.63) is 46.3 Å². The van der Waals surface area contributed by atoms with Gasteiger partial charge in [0.05, 0.1) is 5.69 Å². The zero-order valence-electron chi connectivity index (χ0n) is 19.6. The van der Waals surface area contributed by atoms with Crippen LogP contribution in [0.25, 0.3) is 0 Å². The number of nitrogens with zero attached hydrogens (tertiary/aromatic N) is 2. The Morgan fingerprint density at radius 3 is 2.27 bits per heavy atom. The zero-order chi connectivity index (χ0) is 24.1. The summed E-state index contributed by atoms with van der Waals surface area (Å²) in [7, 11) is 0. The average molecular weight is 525 g/mol. The Balaban J connectivity index is 1.54. The van der Waals surface area contributed by atoms with Gasteiger partial charge in [0.25, 0.3) is 0 Å². The lowest BCUT2D eigenvalue weighted by atomic mass is 9.52. The first-order chi connectivity index (χ1) is 15.3. The zero-order valence-corrected chi connectivity index (χ0v) is 21.2. The molecule has 5 rings (SSSR count). The molecule has 0 N–H and O–H groups in total. The first-order valence-electron chi connectivity index (χ1n) is 11.4. The fourth-order valence-corrected chi connectivity index (χ4v) is 5.56. The monoisotopic (exact) mass is 524 g/mol. The summed E-state index contributed by atoms with van der Waals surface area (Å²) in [6, 6.07) is 9.12. The molecule has 8 heteroatoms. The molecule has 3 aliphatic rings. The van der Waals surface area contributed by atoms with Crippen molar-refractivity contribution in [2.24, 2.45) is 5.41 Å². The number of hydrogen-bond acceptors (Lipinski definition) is 4. The van der Waals surface area contributed by atoms with Crippen LogP contribution in [0.15, 0.2) is 39.3 Å². The molecule has 5 nitrogen and oxygen atoms in total. The van der Waals surface area contributed by atoms with Crippen molar-refractivity contribution in [2.45, 2.75) is 83.2 Å². The molecule has 0 spiro atoms. The van der Waals surface area contributed by atoms with Crippen LogP contribution >= 0.6 is 15.9 Å². The highest BCUT2D eigenvalue weighted by molar-refractivity contribution is 9.10. The lowest BCUT2D eigenvalue weighted by molar-refractivity contribution is -0.0108. The molecule has 3 aliphatic carbocycles. The van der Waals surface area contributed by atoms with Gasteiger partial charge in [-0.15, -0.1) is 0 Å². The molecule has 1 amide bonds. The Labute approximate surface area is 202 Å². The van der Waals surface area contributed by atoms with Crippen LogP contribution in [0.5, 0.6) is 0 Å². The average Bonchev–Trinajstić information content (AvgIpc) is 3.24. The minimum absolute atomic E-state index is 0.0395. The number of amides is 1. The van der Waals surface area contributed by atoms with Gasteiger partial charge in [0.1, 0.15) is 5.60 Å². The normalized spacial score (nSPS) is 25.2. The van der Waals surface area contributed by atoms with E-state index in [0.29, 0.717) is 12.2 Å². The summed E-state index contributed by atoms with van der Waals surface area (Å²) in [6.07, 6.45) is 4.85. The molecule has 1 heterocycles. The van der Waals surface area contributed by atoms with Crippen LogP contribution in [0.4, 0.5) is 19.3 Å². The highest BCUT2D eigenvalue weighted by Gasteiger charge is 2.52. The van der Waals surface area contributed by atoms with Crippen LogP contribution in [0.2, 0.25) is 0 Å².